The summed E-state index contributed by atoms with van der Waals surface area (Å²) in [6, 6.07) is 9.37. The van der Waals surface area contributed by atoms with Gasteiger partial charge in [0.1, 0.15) is 24.7 Å². The first-order valence-electron chi connectivity index (χ1n) is 28.0. The minimum absolute atomic E-state index is 0.0747. The molecule has 1 aliphatic heterocycles. The zero-order chi connectivity index (χ0) is 60.1. The number of ether oxygens (including phenoxy) is 3. The van der Waals surface area contributed by atoms with Crippen molar-refractivity contribution in [1.82, 2.24) is 36.0 Å². The minimum atomic E-state index is -1.05. The number of nitrogens with one attached hydrogen (secondary N) is 5. The number of nitrogens with zero attached hydrogens (tertiary/aromatic N) is 3. The van der Waals surface area contributed by atoms with Gasteiger partial charge in [0.05, 0.1) is 54.8 Å². The number of aliphatic hydroxyl groups is 1. The standard InChI is InChI=1S/C58H94N10O12/c1-15-36(8)49(44(78-13)31-45(69)68-30-20-24-43(68)51(79-14)37(9)52(71)62-38(10)50(70)40-21-17-16-18-22-40)66(11)56(75)47(34(4)5)65-55(74)48(35(6)7)67(12)58(77)80-32-39-25-27-41(28-26-39)63-53(72)42(23-19-29-61-57(60)76)64-54(73)46(59)33(2)3/h16-18,21-22,25-28,33-38,42-44,46-51,70H,15,19-20,23-24,29-32,59H2,1-14H3,(H,62,71)(H,63,72)(H,64,73)(H,65,74)(H3,60,61,76)/t36-,37+,38+,42-,43-,44+,46-,47-,48-,49?,50+,51+/m0/s1. The number of carbonyl (C=O) groups is 8. The number of nitrogens with two attached hydrogens (primary N) is 2. The van der Waals surface area contributed by atoms with E-state index >= 15 is 0 Å². The highest BCUT2D eigenvalue weighted by atomic mass is 16.6. The number of aliphatic hydroxyl groups excluding tert-OH is 1. The summed E-state index contributed by atoms with van der Waals surface area (Å²) in [4.78, 5) is 112. The molecular weight excluding hydrogens is 1030 g/mol. The number of hydrogen-bond acceptors (Lipinski definition) is 13. The van der Waals surface area contributed by atoms with Crippen molar-refractivity contribution in [3.63, 3.8) is 0 Å². The molecule has 0 bridgehead atoms. The van der Waals surface area contributed by atoms with Crippen LogP contribution >= 0.6 is 0 Å². The molecule has 0 aromatic heterocycles. The van der Waals surface area contributed by atoms with Crippen LogP contribution < -0.4 is 38.1 Å². The van der Waals surface area contributed by atoms with E-state index in [-0.39, 0.29) is 49.6 Å². The fourth-order valence-electron chi connectivity index (χ4n) is 10.2. The van der Waals surface area contributed by atoms with Gasteiger partial charge in [0.2, 0.25) is 35.4 Å². The van der Waals surface area contributed by atoms with Gasteiger partial charge in [-0.1, -0.05) is 111 Å². The summed E-state index contributed by atoms with van der Waals surface area (Å²) in [5, 5.41) is 24.8. The average Bonchev–Trinajstić information content (AvgIpc) is 3.91. The topological polar surface area (TPSA) is 306 Å². The Balaban J connectivity index is 1.70. The number of anilines is 1. The van der Waals surface area contributed by atoms with E-state index in [1.165, 1.54) is 26.2 Å². The maximum Gasteiger partial charge on any atom is 0.410 e. The molecule has 1 heterocycles. The predicted octanol–water partition coefficient (Wildman–Crippen LogP) is 4.43. The van der Waals surface area contributed by atoms with Gasteiger partial charge in [0.15, 0.2) is 0 Å². The van der Waals surface area contributed by atoms with Crippen molar-refractivity contribution in [2.45, 2.75) is 175 Å². The second kappa shape index (κ2) is 32.8. The lowest BCUT2D eigenvalue weighted by molar-refractivity contribution is -0.148. The molecule has 2 aromatic carbocycles. The molecule has 448 valence electrons. The molecule has 1 unspecified atom stereocenters. The van der Waals surface area contributed by atoms with Gasteiger partial charge < -0.3 is 67.2 Å². The number of hydrogen-bond donors (Lipinski definition) is 8. The summed E-state index contributed by atoms with van der Waals surface area (Å²) in [6.45, 7) is 18.7. The lowest BCUT2D eigenvalue weighted by atomic mass is 9.89. The molecule has 1 fully saturated rings. The summed E-state index contributed by atoms with van der Waals surface area (Å²) < 4.78 is 17.7. The first kappa shape index (κ1) is 67.9. The summed E-state index contributed by atoms with van der Waals surface area (Å²) in [5.41, 5.74) is 12.8. The highest BCUT2D eigenvalue weighted by Crippen LogP contribution is 2.30. The van der Waals surface area contributed by atoms with Crippen LogP contribution in [-0.2, 0) is 49.6 Å². The average molecular weight is 1120 g/mol. The number of urea groups is 1. The fourth-order valence-corrected chi connectivity index (χ4v) is 10.2. The second-order valence-electron chi connectivity index (χ2n) is 22.3. The Kier molecular flexibility index (Phi) is 27.8. The first-order chi connectivity index (χ1) is 37.7. The van der Waals surface area contributed by atoms with Crippen molar-refractivity contribution in [3.05, 3.63) is 65.7 Å². The predicted molar refractivity (Wildman–Crippen MR) is 305 cm³/mol. The number of primary amides is 1. The van der Waals surface area contributed by atoms with E-state index < -0.39 is 114 Å². The van der Waals surface area contributed by atoms with Crippen LogP contribution in [-0.4, -0.2) is 163 Å². The van der Waals surface area contributed by atoms with Gasteiger partial charge in [-0.25, -0.2) is 9.59 Å². The maximum absolute atomic E-state index is 14.7. The van der Waals surface area contributed by atoms with Crippen molar-refractivity contribution in [1.29, 1.82) is 0 Å². The van der Waals surface area contributed by atoms with Gasteiger partial charge >= 0.3 is 12.1 Å². The Morgan fingerprint density at radius 3 is 1.96 bits per heavy atom. The van der Waals surface area contributed by atoms with Crippen molar-refractivity contribution in [2.24, 2.45) is 41.1 Å². The zero-order valence-corrected chi connectivity index (χ0v) is 49.7. The molecule has 12 atom stereocenters. The lowest BCUT2D eigenvalue weighted by Gasteiger charge is -2.41. The molecule has 0 aliphatic carbocycles. The van der Waals surface area contributed by atoms with E-state index in [4.69, 9.17) is 25.7 Å². The summed E-state index contributed by atoms with van der Waals surface area (Å²) in [7, 11) is 6.12. The Labute approximate surface area is 473 Å². The Morgan fingerprint density at radius 2 is 1.41 bits per heavy atom. The van der Waals surface area contributed by atoms with Crippen molar-refractivity contribution in [2.75, 3.05) is 46.7 Å². The minimum Gasteiger partial charge on any atom is -0.445 e. The molecule has 3 rings (SSSR count). The van der Waals surface area contributed by atoms with Crippen molar-refractivity contribution in [3.8, 4) is 0 Å². The largest absolute Gasteiger partial charge is 0.445 e. The van der Waals surface area contributed by atoms with Crippen LogP contribution in [0.4, 0.5) is 15.3 Å². The smallest absolute Gasteiger partial charge is 0.410 e. The van der Waals surface area contributed by atoms with Gasteiger partial charge in [0, 0.05) is 47.1 Å². The van der Waals surface area contributed by atoms with Crippen molar-refractivity contribution >= 4 is 53.3 Å². The quantitative estimate of drug-likeness (QED) is 0.0485. The van der Waals surface area contributed by atoms with E-state index in [0.29, 0.717) is 49.0 Å². The molecule has 1 saturated heterocycles. The summed E-state index contributed by atoms with van der Waals surface area (Å²) in [5.74, 6) is -4.32. The van der Waals surface area contributed by atoms with Crippen LogP contribution in [0.2, 0.25) is 0 Å². The number of carbonyl (C=O) groups excluding carboxylic acids is 8. The highest BCUT2D eigenvalue weighted by Gasteiger charge is 2.44. The third kappa shape index (κ3) is 19.4. The van der Waals surface area contributed by atoms with Crippen LogP contribution in [0.15, 0.2) is 54.6 Å². The monoisotopic (exact) mass is 1120 g/mol. The Hall–Kier alpha value is -6.36. The van der Waals surface area contributed by atoms with Crippen LogP contribution in [0.3, 0.4) is 0 Å². The molecule has 0 spiro atoms. The molecule has 10 N–H and O–H groups in total. The van der Waals surface area contributed by atoms with E-state index in [1.54, 1.807) is 94.8 Å². The third-order valence-corrected chi connectivity index (χ3v) is 15.3. The number of benzene rings is 2. The summed E-state index contributed by atoms with van der Waals surface area (Å²) >= 11 is 0. The van der Waals surface area contributed by atoms with Crippen LogP contribution in [0.5, 0.6) is 0 Å². The number of rotatable bonds is 31. The zero-order valence-electron chi connectivity index (χ0n) is 49.7. The van der Waals surface area contributed by atoms with Gasteiger partial charge in [-0.05, 0) is 79.5 Å². The highest BCUT2D eigenvalue weighted by molar-refractivity contribution is 5.98. The molecule has 1 aliphatic rings. The van der Waals surface area contributed by atoms with Crippen LogP contribution in [0.1, 0.15) is 125 Å². The van der Waals surface area contributed by atoms with E-state index in [0.717, 1.165) is 0 Å². The number of likely N-dealkylation sites (tertiary alicyclic amines) is 1. The first-order valence-corrected chi connectivity index (χ1v) is 28.0. The second-order valence-corrected chi connectivity index (χ2v) is 22.3. The van der Waals surface area contributed by atoms with Gasteiger partial charge in [-0.15, -0.1) is 0 Å². The normalized spacial score (nSPS) is 17.6. The van der Waals surface area contributed by atoms with Crippen LogP contribution in [0.25, 0.3) is 0 Å². The molecule has 22 nitrogen and oxygen atoms in total. The Bertz CT molecular complexity index is 2320. The third-order valence-electron chi connectivity index (χ3n) is 15.3. The van der Waals surface area contributed by atoms with Crippen molar-refractivity contribution < 1.29 is 57.7 Å². The fraction of sp³-hybridized carbons (Fsp3) is 0.655. The summed E-state index contributed by atoms with van der Waals surface area (Å²) in [6.07, 6.45) is -0.736. The molecule has 9 amide bonds. The van der Waals surface area contributed by atoms with E-state index in [1.807, 2.05) is 45.9 Å². The van der Waals surface area contributed by atoms with Gasteiger partial charge in [-0.2, -0.15) is 0 Å². The molecule has 0 radical (unpaired) electrons. The van der Waals surface area contributed by atoms with Gasteiger partial charge in [-0.3, -0.25) is 33.7 Å². The van der Waals surface area contributed by atoms with E-state index in [2.05, 4.69) is 26.6 Å². The van der Waals surface area contributed by atoms with E-state index in [9.17, 15) is 43.5 Å². The molecule has 80 heavy (non-hydrogen) atoms. The van der Waals surface area contributed by atoms with Gasteiger partial charge in [0.25, 0.3) is 0 Å². The lowest BCUT2D eigenvalue weighted by Crippen LogP contribution is -2.60. The number of methoxy groups -OCH3 is 2. The molecule has 0 saturated carbocycles. The SMILES string of the molecule is CC[C@H](C)C([C@@H](CC(=O)N1CCC[C@H]1[C@H](OC)[C@@H](C)C(=O)N[C@H](C)[C@@H](O)c1ccccc1)OC)N(C)C(=O)[C@@H](NC(=O)[C@H](C(C)C)N(C)C(=O)OCc1ccc(NC(=O)[C@H](CCCNC(N)=O)NC(=O)[C@@H](N)C(C)C)cc1)C(C)C. The number of likely N-dealkylation sites (N-methyl/N-ethyl adjacent to an activating group) is 2. The number of amides is 9. The maximum atomic E-state index is 14.7. The van der Waals surface area contributed by atoms with Crippen LogP contribution in [0, 0.1) is 29.6 Å². The molecule has 22 heteroatoms. The Morgan fingerprint density at radius 1 is 0.775 bits per heavy atom. The molecular formula is C58H94N10O12. The molecule has 2 aromatic rings.